The third-order valence-electron chi connectivity index (χ3n) is 4.48. The van der Waals surface area contributed by atoms with Crippen LogP contribution in [-0.4, -0.2) is 31.6 Å². The molecule has 3 rings (SSSR count). The highest BCUT2D eigenvalue weighted by molar-refractivity contribution is 6.30. The summed E-state index contributed by atoms with van der Waals surface area (Å²) in [5.74, 6) is -0.700. The van der Waals surface area contributed by atoms with E-state index < -0.39 is 11.8 Å². The molecule has 0 fully saturated rings. The van der Waals surface area contributed by atoms with Gasteiger partial charge in [0.25, 0.3) is 0 Å². The molecule has 0 unspecified atom stereocenters. The van der Waals surface area contributed by atoms with Crippen molar-refractivity contribution in [1.82, 2.24) is 5.32 Å². The molecule has 0 bridgehead atoms. The molecule has 0 aliphatic rings. The summed E-state index contributed by atoms with van der Waals surface area (Å²) in [6.45, 7) is 0.607. The number of anilines is 2. The van der Waals surface area contributed by atoms with E-state index in [9.17, 15) is 14.0 Å². The maximum absolute atomic E-state index is 13.3. The molecule has 2 N–H and O–H groups in total. The molecule has 0 aliphatic carbocycles. The maximum Gasteiger partial charge on any atom is 0.326 e. The minimum Gasteiger partial charge on any atom is -0.367 e. The zero-order valence-corrected chi connectivity index (χ0v) is 18.0. The molecule has 32 heavy (non-hydrogen) atoms. The highest BCUT2D eigenvalue weighted by atomic mass is 35.5. The average Bonchev–Trinajstić information content (AvgIpc) is 2.80. The molecular formula is C24H23ClFN3O3. The molecule has 0 saturated carbocycles. The van der Waals surface area contributed by atoms with Crippen molar-refractivity contribution in [1.29, 1.82) is 0 Å². The van der Waals surface area contributed by atoms with Crippen LogP contribution in [0.25, 0.3) is 0 Å². The van der Waals surface area contributed by atoms with E-state index in [0.717, 1.165) is 5.56 Å². The van der Waals surface area contributed by atoms with Gasteiger partial charge in [-0.05, 0) is 54.1 Å². The van der Waals surface area contributed by atoms with Crippen molar-refractivity contribution in [2.45, 2.75) is 6.61 Å². The lowest BCUT2D eigenvalue weighted by Gasteiger charge is -2.23. The van der Waals surface area contributed by atoms with Crippen LogP contribution in [0.2, 0.25) is 5.02 Å². The molecule has 0 radical (unpaired) electrons. The number of urea groups is 1. The van der Waals surface area contributed by atoms with Crippen molar-refractivity contribution in [3.63, 3.8) is 0 Å². The summed E-state index contributed by atoms with van der Waals surface area (Å²) in [7, 11) is 0. The number of rotatable bonds is 9. The number of ether oxygens (including phenoxy) is 1. The predicted molar refractivity (Wildman–Crippen MR) is 123 cm³/mol. The Bertz CT molecular complexity index is 1010. The van der Waals surface area contributed by atoms with Crippen LogP contribution in [0.15, 0.2) is 78.9 Å². The Hall–Kier alpha value is -3.42. The first-order chi connectivity index (χ1) is 15.5. The number of amides is 3. The fourth-order valence-electron chi connectivity index (χ4n) is 2.89. The van der Waals surface area contributed by atoms with Crippen LogP contribution in [0, 0.1) is 5.82 Å². The van der Waals surface area contributed by atoms with Crippen molar-refractivity contribution in [3.05, 3.63) is 95.3 Å². The SMILES string of the molecule is O=C(COCc1ccccc1)NCCN(C(=O)Nc1ccc(Cl)cc1)c1ccc(F)cc1. The number of halogens is 2. The van der Waals surface area contributed by atoms with Crippen LogP contribution < -0.4 is 15.5 Å². The lowest BCUT2D eigenvalue weighted by molar-refractivity contribution is -0.126. The van der Waals surface area contributed by atoms with Gasteiger partial charge in [0, 0.05) is 29.5 Å². The van der Waals surface area contributed by atoms with Crippen molar-refractivity contribution in [2.24, 2.45) is 0 Å². The van der Waals surface area contributed by atoms with Gasteiger partial charge in [-0.15, -0.1) is 0 Å². The second-order valence-corrected chi connectivity index (χ2v) is 7.33. The fourth-order valence-corrected chi connectivity index (χ4v) is 3.01. The summed E-state index contributed by atoms with van der Waals surface area (Å²) in [5.41, 5.74) is 2.03. The predicted octanol–water partition coefficient (Wildman–Crippen LogP) is 4.85. The van der Waals surface area contributed by atoms with E-state index in [1.807, 2.05) is 30.3 Å². The third kappa shape index (κ3) is 7.37. The van der Waals surface area contributed by atoms with E-state index >= 15 is 0 Å². The second kappa shape index (κ2) is 11.8. The first-order valence-electron chi connectivity index (χ1n) is 9.99. The van der Waals surface area contributed by atoms with Crippen molar-refractivity contribution in [2.75, 3.05) is 29.9 Å². The largest absolute Gasteiger partial charge is 0.367 e. The number of nitrogens with one attached hydrogen (secondary N) is 2. The van der Waals surface area contributed by atoms with Gasteiger partial charge in [0.2, 0.25) is 5.91 Å². The lowest BCUT2D eigenvalue weighted by atomic mass is 10.2. The molecule has 0 aliphatic heterocycles. The van der Waals surface area contributed by atoms with E-state index in [1.165, 1.54) is 29.2 Å². The van der Waals surface area contributed by atoms with E-state index in [4.69, 9.17) is 16.3 Å². The number of carbonyl (C=O) groups excluding carboxylic acids is 2. The van der Waals surface area contributed by atoms with Crippen LogP contribution in [0.4, 0.5) is 20.6 Å². The molecule has 3 aromatic rings. The summed E-state index contributed by atoms with van der Waals surface area (Å²) >= 11 is 5.88. The minimum absolute atomic E-state index is 0.0948. The molecule has 6 nitrogen and oxygen atoms in total. The van der Waals surface area contributed by atoms with Gasteiger partial charge in [0.1, 0.15) is 12.4 Å². The molecule has 0 saturated heterocycles. The molecule has 0 spiro atoms. The Kier molecular flexibility index (Phi) is 8.60. The van der Waals surface area contributed by atoms with Crippen molar-refractivity contribution < 1.29 is 18.7 Å². The zero-order valence-electron chi connectivity index (χ0n) is 17.3. The topological polar surface area (TPSA) is 70.7 Å². The normalized spacial score (nSPS) is 10.4. The average molecular weight is 456 g/mol. The highest BCUT2D eigenvalue weighted by Gasteiger charge is 2.16. The maximum atomic E-state index is 13.3. The lowest BCUT2D eigenvalue weighted by Crippen LogP contribution is -2.41. The van der Waals surface area contributed by atoms with Crippen LogP contribution >= 0.6 is 11.6 Å². The van der Waals surface area contributed by atoms with Gasteiger partial charge in [-0.2, -0.15) is 0 Å². The second-order valence-electron chi connectivity index (χ2n) is 6.89. The monoisotopic (exact) mass is 455 g/mol. The van der Waals surface area contributed by atoms with Gasteiger partial charge in [-0.1, -0.05) is 41.9 Å². The Balaban J connectivity index is 1.53. The van der Waals surface area contributed by atoms with Gasteiger partial charge in [-0.25, -0.2) is 9.18 Å². The molecule has 8 heteroatoms. The minimum atomic E-state index is -0.423. The molecule has 0 aromatic heterocycles. The molecule has 166 valence electrons. The van der Waals surface area contributed by atoms with Gasteiger partial charge >= 0.3 is 6.03 Å². The van der Waals surface area contributed by atoms with Gasteiger partial charge in [0.15, 0.2) is 0 Å². The quantitative estimate of drug-likeness (QED) is 0.484. The van der Waals surface area contributed by atoms with E-state index in [2.05, 4.69) is 10.6 Å². The Morgan fingerprint density at radius 3 is 2.31 bits per heavy atom. The Morgan fingerprint density at radius 1 is 0.938 bits per heavy atom. The first-order valence-corrected chi connectivity index (χ1v) is 10.4. The third-order valence-corrected chi connectivity index (χ3v) is 4.73. The summed E-state index contributed by atoms with van der Waals surface area (Å²) in [5, 5.41) is 6.05. The van der Waals surface area contributed by atoms with Gasteiger partial charge in [-0.3, -0.25) is 9.69 Å². The fraction of sp³-hybridized carbons (Fsp3) is 0.167. The summed E-state index contributed by atoms with van der Waals surface area (Å²) < 4.78 is 18.7. The number of hydrogen-bond acceptors (Lipinski definition) is 3. The van der Waals surface area contributed by atoms with Gasteiger partial charge in [0.05, 0.1) is 6.61 Å². The highest BCUT2D eigenvalue weighted by Crippen LogP contribution is 2.18. The molecule has 0 heterocycles. The van der Waals surface area contributed by atoms with Crippen molar-refractivity contribution >= 4 is 34.9 Å². The molecule has 3 aromatic carbocycles. The van der Waals surface area contributed by atoms with Crippen LogP contribution in [-0.2, 0) is 16.1 Å². The standard InChI is InChI=1S/C24H23ClFN3O3/c25-19-6-10-21(11-7-19)28-24(31)29(22-12-8-20(26)9-13-22)15-14-27-23(30)17-32-16-18-4-2-1-3-5-18/h1-13H,14-17H2,(H,27,30)(H,28,31). The van der Waals surface area contributed by atoms with Crippen LogP contribution in [0.5, 0.6) is 0 Å². The van der Waals surface area contributed by atoms with Crippen LogP contribution in [0.3, 0.4) is 0 Å². The van der Waals surface area contributed by atoms with Crippen LogP contribution in [0.1, 0.15) is 5.56 Å². The summed E-state index contributed by atoms with van der Waals surface area (Å²) in [6, 6.07) is 21.3. The van der Waals surface area contributed by atoms with Crippen molar-refractivity contribution in [3.8, 4) is 0 Å². The number of hydrogen-bond donors (Lipinski definition) is 2. The number of carbonyl (C=O) groups is 2. The molecule has 0 atom stereocenters. The smallest absolute Gasteiger partial charge is 0.326 e. The Labute approximate surface area is 191 Å². The van der Waals surface area contributed by atoms with E-state index in [0.29, 0.717) is 23.0 Å². The van der Waals surface area contributed by atoms with E-state index in [1.54, 1.807) is 24.3 Å². The Morgan fingerprint density at radius 2 is 1.62 bits per heavy atom. The van der Waals surface area contributed by atoms with E-state index in [-0.39, 0.29) is 25.6 Å². The zero-order chi connectivity index (χ0) is 22.8. The molecular weight excluding hydrogens is 433 g/mol. The summed E-state index contributed by atoms with van der Waals surface area (Å²) in [6.07, 6.45) is 0. The number of benzene rings is 3. The van der Waals surface area contributed by atoms with Gasteiger partial charge < -0.3 is 15.4 Å². The summed E-state index contributed by atoms with van der Waals surface area (Å²) in [4.78, 5) is 26.3. The first kappa shape index (κ1) is 23.2. The number of nitrogens with zero attached hydrogens (tertiary/aromatic N) is 1. The molecule has 3 amide bonds.